The number of hydrogen-bond donors (Lipinski definition) is 1. The van der Waals surface area contributed by atoms with Gasteiger partial charge in [0.05, 0.1) is 6.04 Å². The fourth-order valence-electron chi connectivity index (χ4n) is 3.11. The predicted molar refractivity (Wildman–Crippen MR) is 73.6 cm³/mol. The average Bonchev–Trinajstić information content (AvgIpc) is 2.90. The molecule has 104 valence electrons. The molecule has 2 unspecified atom stereocenters. The van der Waals surface area contributed by atoms with Crippen molar-refractivity contribution in [2.75, 3.05) is 26.7 Å². The van der Waals surface area contributed by atoms with Crippen molar-refractivity contribution in [2.24, 2.45) is 5.92 Å². The van der Waals surface area contributed by atoms with Crippen LogP contribution in [0.25, 0.3) is 0 Å². The fourth-order valence-corrected chi connectivity index (χ4v) is 3.11. The minimum Gasteiger partial charge on any atom is -0.323 e. The second-order valence-electron chi connectivity index (χ2n) is 6.20. The molecule has 2 saturated heterocycles. The Balaban J connectivity index is 1.80. The molecule has 0 saturated carbocycles. The molecule has 2 aliphatic heterocycles. The summed E-state index contributed by atoms with van der Waals surface area (Å²) >= 11 is 0. The van der Waals surface area contributed by atoms with Gasteiger partial charge in [0.1, 0.15) is 0 Å². The Hall–Kier alpha value is -0.770. The van der Waals surface area contributed by atoms with E-state index in [0.717, 1.165) is 32.5 Å². The first-order valence-electron chi connectivity index (χ1n) is 7.33. The van der Waals surface area contributed by atoms with E-state index in [-0.39, 0.29) is 6.03 Å². The molecule has 0 aromatic heterocycles. The van der Waals surface area contributed by atoms with Gasteiger partial charge in [-0.3, -0.25) is 0 Å². The summed E-state index contributed by atoms with van der Waals surface area (Å²) in [5.74, 6) is 0.654. The number of hydrogen-bond acceptors (Lipinski definition) is 2. The molecule has 2 fully saturated rings. The first kappa shape index (κ1) is 13.7. The zero-order valence-corrected chi connectivity index (χ0v) is 12.0. The summed E-state index contributed by atoms with van der Waals surface area (Å²) in [6, 6.07) is 1.26. The normalized spacial score (nSPS) is 28.8. The van der Waals surface area contributed by atoms with Gasteiger partial charge in [-0.15, -0.1) is 0 Å². The summed E-state index contributed by atoms with van der Waals surface area (Å²) in [7, 11) is 1.95. The Morgan fingerprint density at radius 2 is 2.22 bits per heavy atom. The van der Waals surface area contributed by atoms with E-state index in [1.165, 1.54) is 12.8 Å². The highest BCUT2D eigenvalue weighted by molar-refractivity contribution is 5.76. The van der Waals surface area contributed by atoms with Gasteiger partial charge in [-0.2, -0.15) is 0 Å². The largest absolute Gasteiger partial charge is 0.323 e. The maximum atomic E-state index is 12.1. The number of carbonyl (C=O) groups excluding carboxylic acids is 1. The van der Waals surface area contributed by atoms with Crippen LogP contribution in [0.5, 0.6) is 0 Å². The first-order valence-corrected chi connectivity index (χ1v) is 7.33. The van der Waals surface area contributed by atoms with Gasteiger partial charge >= 0.3 is 6.03 Å². The van der Waals surface area contributed by atoms with Gasteiger partial charge in [0, 0.05) is 26.2 Å². The fraction of sp³-hybridized carbons (Fsp3) is 0.929. The molecule has 18 heavy (non-hydrogen) atoms. The zero-order chi connectivity index (χ0) is 13.1. The van der Waals surface area contributed by atoms with E-state index < -0.39 is 0 Å². The van der Waals surface area contributed by atoms with Crippen molar-refractivity contribution in [2.45, 2.75) is 51.6 Å². The Labute approximate surface area is 111 Å². The van der Waals surface area contributed by atoms with Crippen molar-refractivity contribution < 1.29 is 4.79 Å². The molecule has 0 spiro atoms. The van der Waals surface area contributed by atoms with E-state index >= 15 is 0 Å². The van der Waals surface area contributed by atoms with Crippen LogP contribution in [0.1, 0.15) is 39.5 Å². The standard InChI is InChI=1S/C14H27N3O/c1-11(2)9-13-10-17(14(18)16(13)3)8-6-12-5-4-7-15-12/h11-13,15H,4-10H2,1-3H3. The number of rotatable bonds is 5. The van der Waals surface area contributed by atoms with E-state index in [1.807, 2.05) is 16.8 Å². The van der Waals surface area contributed by atoms with Crippen molar-refractivity contribution >= 4 is 6.03 Å². The van der Waals surface area contributed by atoms with E-state index in [0.29, 0.717) is 18.0 Å². The van der Waals surface area contributed by atoms with Gasteiger partial charge in [0.2, 0.25) is 0 Å². The lowest BCUT2D eigenvalue weighted by atomic mass is 10.0. The molecular weight excluding hydrogens is 226 g/mol. The molecule has 4 nitrogen and oxygen atoms in total. The van der Waals surface area contributed by atoms with Gasteiger partial charge in [0.15, 0.2) is 0 Å². The number of amides is 2. The molecule has 2 aliphatic rings. The summed E-state index contributed by atoms with van der Waals surface area (Å²) in [5, 5.41) is 3.50. The van der Waals surface area contributed by atoms with Crippen molar-refractivity contribution in [3.05, 3.63) is 0 Å². The van der Waals surface area contributed by atoms with Gasteiger partial charge in [-0.25, -0.2) is 4.79 Å². The molecule has 0 radical (unpaired) electrons. The molecule has 2 amide bonds. The second kappa shape index (κ2) is 5.91. The third kappa shape index (κ3) is 3.16. The van der Waals surface area contributed by atoms with Gasteiger partial charge in [0.25, 0.3) is 0 Å². The highest BCUT2D eigenvalue weighted by atomic mass is 16.2. The maximum Gasteiger partial charge on any atom is 0.320 e. The third-order valence-corrected chi connectivity index (χ3v) is 4.20. The molecule has 1 N–H and O–H groups in total. The molecule has 0 aliphatic carbocycles. The first-order chi connectivity index (χ1) is 8.58. The topological polar surface area (TPSA) is 35.6 Å². The van der Waals surface area contributed by atoms with E-state index in [1.54, 1.807) is 0 Å². The van der Waals surface area contributed by atoms with Crippen molar-refractivity contribution in [3.8, 4) is 0 Å². The van der Waals surface area contributed by atoms with E-state index in [4.69, 9.17) is 0 Å². The molecule has 2 heterocycles. The van der Waals surface area contributed by atoms with Crippen LogP contribution >= 0.6 is 0 Å². The van der Waals surface area contributed by atoms with Crippen molar-refractivity contribution in [3.63, 3.8) is 0 Å². The lowest BCUT2D eigenvalue weighted by molar-refractivity contribution is 0.192. The summed E-state index contributed by atoms with van der Waals surface area (Å²) in [6.45, 7) is 7.43. The summed E-state index contributed by atoms with van der Waals surface area (Å²) in [5.41, 5.74) is 0. The Bertz CT molecular complexity index is 287. The Kier molecular flexibility index (Phi) is 4.49. The van der Waals surface area contributed by atoms with Crippen LogP contribution in [0, 0.1) is 5.92 Å². The van der Waals surface area contributed by atoms with Crippen molar-refractivity contribution in [1.82, 2.24) is 15.1 Å². The van der Waals surface area contributed by atoms with Gasteiger partial charge in [-0.05, 0) is 38.1 Å². The van der Waals surface area contributed by atoms with E-state index in [2.05, 4.69) is 19.2 Å². The average molecular weight is 253 g/mol. The maximum absolute atomic E-state index is 12.1. The SMILES string of the molecule is CC(C)CC1CN(CCC2CCCN2)C(=O)N1C. The summed E-state index contributed by atoms with van der Waals surface area (Å²) in [6.07, 6.45) is 4.77. The van der Waals surface area contributed by atoms with Crippen LogP contribution in [0.4, 0.5) is 4.79 Å². The molecule has 0 aromatic rings. The molecule has 0 bridgehead atoms. The number of nitrogens with one attached hydrogen (secondary N) is 1. The van der Waals surface area contributed by atoms with Gasteiger partial charge in [-0.1, -0.05) is 13.8 Å². The Morgan fingerprint density at radius 1 is 1.44 bits per heavy atom. The minimum absolute atomic E-state index is 0.221. The highest BCUT2D eigenvalue weighted by Crippen LogP contribution is 2.21. The number of carbonyl (C=O) groups is 1. The zero-order valence-electron chi connectivity index (χ0n) is 12.0. The molecule has 4 heteroatoms. The lowest BCUT2D eigenvalue weighted by Crippen LogP contribution is -2.34. The lowest BCUT2D eigenvalue weighted by Gasteiger charge is -2.19. The minimum atomic E-state index is 0.221. The number of urea groups is 1. The van der Waals surface area contributed by atoms with Crippen LogP contribution in [0.15, 0.2) is 0 Å². The number of nitrogens with zero attached hydrogens (tertiary/aromatic N) is 2. The summed E-state index contributed by atoms with van der Waals surface area (Å²) < 4.78 is 0. The van der Waals surface area contributed by atoms with Crippen LogP contribution in [0.2, 0.25) is 0 Å². The molecule has 0 aromatic carbocycles. The predicted octanol–water partition coefficient (Wildman–Crippen LogP) is 1.91. The second-order valence-corrected chi connectivity index (χ2v) is 6.20. The molecule has 2 rings (SSSR count). The van der Waals surface area contributed by atoms with Crippen molar-refractivity contribution in [1.29, 1.82) is 0 Å². The monoisotopic (exact) mass is 253 g/mol. The number of likely N-dealkylation sites (N-methyl/N-ethyl adjacent to an activating group) is 1. The molecular formula is C14H27N3O. The smallest absolute Gasteiger partial charge is 0.320 e. The summed E-state index contributed by atoms with van der Waals surface area (Å²) in [4.78, 5) is 16.1. The van der Waals surface area contributed by atoms with Crippen LogP contribution in [0.3, 0.4) is 0 Å². The van der Waals surface area contributed by atoms with Gasteiger partial charge < -0.3 is 15.1 Å². The van der Waals surface area contributed by atoms with Crippen LogP contribution in [-0.4, -0.2) is 54.6 Å². The van der Waals surface area contributed by atoms with E-state index in [9.17, 15) is 4.79 Å². The highest BCUT2D eigenvalue weighted by Gasteiger charge is 2.34. The molecule has 2 atom stereocenters. The van der Waals surface area contributed by atoms with Crippen LogP contribution in [-0.2, 0) is 0 Å². The quantitative estimate of drug-likeness (QED) is 0.812. The van der Waals surface area contributed by atoms with Crippen LogP contribution < -0.4 is 5.32 Å². The third-order valence-electron chi connectivity index (χ3n) is 4.20. The Morgan fingerprint density at radius 3 is 2.83 bits per heavy atom.